The fourth-order valence-electron chi connectivity index (χ4n) is 1.95. The van der Waals surface area contributed by atoms with E-state index in [1.165, 1.54) is 4.90 Å². The molecular formula is C12H18N4O2. The van der Waals surface area contributed by atoms with Crippen LogP contribution in [-0.4, -0.2) is 28.2 Å². The van der Waals surface area contributed by atoms with Gasteiger partial charge < -0.3 is 10.5 Å². The van der Waals surface area contributed by atoms with E-state index in [4.69, 9.17) is 10.5 Å². The summed E-state index contributed by atoms with van der Waals surface area (Å²) in [5.74, 6) is 0.957. The van der Waals surface area contributed by atoms with Crippen molar-refractivity contribution < 1.29 is 9.53 Å². The van der Waals surface area contributed by atoms with Crippen LogP contribution in [0.15, 0.2) is 0 Å². The molecule has 1 aliphatic heterocycles. The molecule has 1 aliphatic rings. The molecule has 6 heteroatoms. The maximum Gasteiger partial charge on any atom is 0.414 e. The number of ether oxygens (including phenoxy) is 1. The van der Waals surface area contributed by atoms with Gasteiger partial charge in [-0.3, -0.25) is 4.90 Å². The Balaban J connectivity index is 2.29. The first-order chi connectivity index (χ1) is 8.28. The predicted octanol–water partition coefficient (Wildman–Crippen LogP) is 1.66. The Hall–Kier alpha value is -1.85. The summed E-state index contributed by atoms with van der Waals surface area (Å²) in [7, 11) is 0. The molecule has 0 bridgehead atoms. The van der Waals surface area contributed by atoms with Crippen molar-refractivity contribution in [2.24, 2.45) is 0 Å². The van der Waals surface area contributed by atoms with Crippen LogP contribution in [0.1, 0.15) is 32.3 Å². The van der Waals surface area contributed by atoms with Crippen molar-refractivity contribution in [1.29, 1.82) is 0 Å². The monoisotopic (exact) mass is 250 g/mol. The first-order valence-corrected chi connectivity index (χ1v) is 5.91. The summed E-state index contributed by atoms with van der Waals surface area (Å²) in [6, 6.07) is 0. The number of anilines is 2. The summed E-state index contributed by atoms with van der Waals surface area (Å²) >= 11 is 0. The van der Waals surface area contributed by atoms with Crippen LogP contribution in [0.4, 0.5) is 16.3 Å². The Bertz CT molecular complexity index is 494. The lowest BCUT2D eigenvalue weighted by Crippen LogP contribution is -2.36. The Kier molecular flexibility index (Phi) is 2.88. The lowest BCUT2D eigenvalue weighted by molar-refractivity contribution is 0.0584. The summed E-state index contributed by atoms with van der Waals surface area (Å²) in [6.45, 7) is 7.81. The largest absolute Gasteiger partial charge is 0.443 e. The highest BCUT2D eigenvalue weighted by molar-refractivity contribution is 5.93. The summed E-state index contributed by atoms with van der Waals surface area (Å²) in [5, 5.41) is 0. The highest BCUT2D eigenvalue weighted by Crippen LogP contribution is 2.32. The lowest BCUT2D eigenvalue weighted by atomic mass is 10.2. The fraction of sp³-hybridized carbons (Fsp3) is 0.583. The third kappa shape index (κ3) is 2.37. The average Bonchev–Trinajstić information content (AvgIpc) is 2.58. The van der Waals surface area contributed by atoms with E-state index < -0.39 is 11.7 Å². The standard InChI is InChI=1S/C12H18N4O2/c1-7-14-8-5-6-16(9(8)10(13)15-7)11(17)18-12(2,3)4/h5-6H2,1-4H3,(H2,13,14,15). The number of rotatable bonds is 0. The van der Waals surface area contributed by atoms with Crippen molar-refractivity contribution in [2.45, 2.75) is 39.7 Å². The van der Waals surface area contributed by atoms with Gasteiger partial charge in [0.15, 0.2) is 5.82 Å². The number of nitrogen functional groups attached to an aromatic ring is 1. The second-order valence-electron chi connectivity index (χ2n) is 5.33. The summed E-state index contributed by atoms with van der Waals surface area (Å²) in [4.78, 5) is 22.0. The molecule has 1 aromatic rings. The molecule has 0 atom stereocenters. The zero-order valence-electron chi connectivity index (χ0n) is 11.1. The number of aromatic nitrogens is 2. The number of nitrogens with zero attached hydrogens (tertiary/aromatic N) is 3. The molecule has 2 N–H and O–H groups in total. The number of fused-ring (bicyclic) bond motifs is 1. The molecule has 0 saturated carbocycles. The molecule has 0 spiro atoms. The molecule has 2 rings (SSSR count). The van der Waals surface area contributed by atoms with E-state index in [1.807, 2.05) is 20.8 Å². The normalized spacial score (nSPS) is 14.6. The highest BCUT2D eigenvalue weighted by atomic mass is 16.6. The van der Waals surface area contributed by atoms with Crippen molar-refractivity contribution in [2.75, 3.05) is 17.2 Å². The second-order valence-corrected chi connectivity index (χ2v) is 5.33. The van der Waals surface area contributed by atoms with Gasteiger partial charge in [-0.05, 0) is 27.7 Å². The van der Waals surface area contributed by atoms with Crippen molar-refractivity contribution >= 4 is 17.6 Å². The first kappa shape index (κ1) is 12.6. The summed E-state index contributed by atoms with van der Waals surface area (Å²) in [5.41, 5.74) is 6.74. The molecule has 0 unspecified atom stereocenters. The van der Waals surface area contributed by atoms with Gasteiger partial charge in [0.2, 0.25) is 0 Å². The van der Waals surface area contributed by atoms with E-state index in [2.05, 4.69) is 9.97 Å². The zero-order chi connectivity index (χ0) is 13.5. The van der Waals surface area contributed by atoms with E-state index in [9.17, 15) is 4.79 Å². The van der Waals surface area contributed by atoms with Gasteiger partial charge in [-0.1, -0.05) is 0 Å². The first-order valence-electron chi connectivity index (χ1n) is 5.91. The molecule has 2 heterocycles. The number of aryl methyl sites for hydroxylation is 1. The van der Waals surface area contributed by atoms with Crippen molar-refractivity contribution in [3.63, 3.8) is 0 Å². The number of hydrogen-bond donors (Lipinski definition) is 1. The third-order valence-corrected chi connectivity index (χ3v) is 2.55. The fourth-order valence-corrected chi connectivity index (χ4v) is 1.95. The van der Waals surface area contributed by atoms with E-state index >= 15 is 0 Å². The number of nitrogens with two attached hydrogens (primary N) is 1. The molecule has 0 aromatic carbocycles. The summed E-state index contributed by atoms with van der Waals surface area (Å²) < 4.78 is 5.34. The number of carbonyl (C=O) groups excluding carboxylic acids is 1. The van der Waals surface area contributed by atoms with Crippen LogP contribution in [0.25, 0.3) is 0 Å². The van der Waals surface area contributed by atoms with Crippen molar-refractivity contribution in [3.05, 3.63) is 11.5 Å². The van der Waals surface area contributed by atoms with Crippen LogP contribution < -0.4 is 10.6 Å². The van der Waals surface area contributed by atoms with Crippen molar-refractivity contribution in [1.82, 2.24) is 9.97 Å². The Morgan fingerprint density at radius 1 is 1.39 bits per heavy atom. The molecule has 0 radical (unpaired) electrons. The molecule has 0 aliphatic carbocycles. The summed E-state index contributed by atoms with van der Waals surface area (Å²) in [6.07, 6.45) is 0.280. The van der Waals surface area contributed by atoms with Crippen LogP contribution >= 0.6 is 0 Å². The van der Waals surface area contributed by atoms with Gasteiger partial charge in [0, 0.05) is 13.0 Å². The Labute approximate surface area is 106 Å². The number of hydrogen-bond acceptors (Lipinski definition) is 5. The van der Waals surface area contributed by atoms with Crippen LogP contribution in [0, 0.1) is 6.92 Å². The second kappa shape index (κ2) is 4.12. The van der Waals surface area contributed by atoms with Gasteiger partial charge in [-0.25, -0.2) is 14.8 Å². The van der Waals surface area contributed by atoms with E-state index in [-0.39, 0.29) is 0 Å². The quantitative estimate of drug-likeness (QED) is 0.757. The Morgan fingerprint density at radius 2 is 2.06 bits per heavy atom. The molecule has 0 fully saturated rings. The van der Waals surface area contributed by atoms with Crippen LogP contribution in [0.2, 0.25) is 0 Å². The molecule has 18 heavy (non-hydrogen) atoms. The number of carbonyl (C=O) groups is 1. The van der Waals surface area contributed by atoms with Crippen LogP contribution in [-0.2, 0) is 11.2 Å². The van der Waals surface area contributed by atoms with E-state index in [0.29, 0.717) is 30.3 Å². The van der Waals surface area contributed by atoms with Crippen LogP contribution in [0.3, 0.4) is 0 Å². The van der Waals surface area contributed by atoms with Crippen LogP contribution in [0.5, 0.6) is 0 Å². The topological polar surface area (TPSA) is 81.3 Å². The molecule has 1 amide bonds. The van der Waals surface area contributed by atoms with Gasteiger partial charge in [0.1, 0.15) is 17.1 Å². The van der Waals surface area contributed by atoms with Gasteiger partial charge in [0.25, 0.3) is 0 Å². The molecule has 1 aromatic heterocycles. The van der Waals surface area contributed by atoms with Crippen molar-refractivity contribution in [3.8, 4) is 0 Å². The van der Waals surface area contributed by atoms with E-state index in [1.54, 1.807) is 6.92 Å². The highest BCUT2D eigenvalue weighted by Gasteiger charge is 2.32. The molecular weight excluding hydrogens is 232 g/mol. The maximum absolute atomic E-state index is 12.1. The SMILES string of the molecule is Cc1nc(N)c2c(n1)CCN2C(=O)OC(C)(C)C. The zero-order valence-corrected chi connectivity index (χ0v) is 11.1. The smallest absolute Gasteiger partial charge is 0.414 e. The van der Waals surface area contributed by atoms with E-state index in [0.717, 1.165) is 5.69 Å². The minimum atomic E-state index is -0.528. The Morgan fingerprint density at radius 3 is 2.67 bits per heavy atom. The molecule has 98 valence electrons. The lowest BCUT2D eigenvalue weighted by Gasteiger charge is -2.24. The van der Waals surface area contributed by atoms with Gasteiger partial charge in [-0.2, -0.15) is 0 Å². The van der Waals surface area contributed by atoms with Gasteiger partial charge in [0.05, 0.1) is 5.69 Å². The van der Waals surface area contributed by atoms with Gasteiger partial charge >= 0.3 is 6.09 Å². The predicted molar refractivity (Wildman–Crippen MR) is 68.5 cm³/mol. The average molecular weight is 250 g/mol. The third-order valence-electron chi connectivity index (χ3n) is 2.55. The maximum atomic E-state index is 12.1. The molecule has 6 nitrogen and oxygen atoms in total. The minimum Gasteiger partial charge on any atom is -0.443 e. The van der Waals surface area contributed by atoms with Gasteiger partial charge in [-0.15, -0.1) is 0 Å². The molecule has 0 saturated heterocycles. The minimum absolute atomic E-state index is 0.334. The number of amides is 1.